The number of carbonyl (C=O) groups is 1. The molecule has 0 bridgehead atoms. The molecule has 122 valence electrons. The Labute approximate surface area is 134 Å². The minimum absolute atomic E-state index is 0.136. The molecule has 2 heterocycles. The second kappa shape index (κ2) is 5.53. The summed E-state index contributed by atoms with van der Waals surface area (Å²) < 4.78 is 1.68. The molecule has 6 nitrogen and oxygen atoms in total. The molecule has 2 fully saturated rings. The summed E-state index contributed by atoms with van der Waals surface area (Å²) in [6.07, 6.45) is 6.55. The van der Waals surface area contributed by atoms with Crippen LogP contribution in [-0.2, 0) is 0 Å². The van der Waals surface area contributed by atoms with Crippen LogP contribution in [0, 0.1) is 0 Å². The van der Waals surface area contributed by atoms with Gasteiger partial charge in [-0.05, 0) is 25.0 Å². The van der Waals surface area contributed by atoms with E-state index in [2.05, 4.69) is 10.00 Å². The molecule has 1 aliphatic carbocycles. The van der Waals surface area contributed by atoms with Gasteiger partial charge in [0.05, 0.1) is 22.5 Å². The summed E-state index contributed by atoms with van der Waals surface area (Å²) in [6, 6.07) is 6.02. The quantitative estimate of drug-likeness (QED) is 0.903. The van der Waals surface area contributed by atoms with Crippen LogP contribution in [0.15, 0.2) is 23.0 Å². The summed E-state index contributed by atoms with van der Waals surface area (Å²) in [5.41, 5.74) is 6.23. The molecule has 0 unspecified atom stereocenters. The second-order valence-corrected chi connectivity index (χ2v) is 6.78. The van der Waals surface area contributed by atoms with Crippen LogP contribution in [0.3, 0.4) is 0 Å². The molecule has 1 aliphatic heterocycles. The van der Waals surface area contributed by atoms with E-state index >= 15 is 0 Å². The number of likely N-dealkylation sites (tertiary alicyclic amines) is 1. The smallest absolute Gasteiger partial charge is 0.275 e. The molecule has 1 saturated carbocycles. The van der Waals surface area contributed by atoms with Gasteiger partial charge in [-0.1, -0.05) is 25.3 Å². The molecule has 1 saturated heterocycles. The summed E-state index contributed by atoms with van der Waals surface area (Å²) >= 11 is 0. The van der Waals surface area contributed by atoms with Crippen LogP contribution < -0.4 is 11.3 Å². The third-order valence-corrected chi connectivity index (χ3v) is 5.35. The highest BCUT2D eigenvalue weighted by Gasteiger charge is 2.35. The van der Waals surface area contributed by atoms with Gasteiger partial charge in [-0.3, -0.25) is 19.6 Å². The van der Waals surface area contributed by atoms with Crippen molar-refractivity contribution in [2.24, 2.45) is 5.73 Å². The van der Waals surface area contributed by atoms with E-state index in [1.807, 2.05) is 6.07 Å². The number of nitrogens with two attached hydrogens (primary N) is 1. The molecule has 3 N–H and O–H groups in total. The molecule has 0 atom stereocenters. The molecule has 2 aliphatic rings. The monoisotopic (exact) mass is 314 g/mol. The minimum Gasteiger partial charge on any atom is -0.366 e. The van der Waals surface area contributed by atoms with E-state index in [-0.39, 0.29) is 11.6 Å². The van der Waals surface area contributed by atoms with Crippen molar-refractivity contribution >= 4 is 16.8 Å². The van der Waals surface area contributed by atoms with Crippen molar-refractivity contribution < 1.29 is 4.79 Å². The Hall–Kier alpha value is -2.08. The summed E-state index contributed by atoms with van der Waals surface area (Å²) in [7, 11) is 0. The number of benzene rings is 1. The predicted octanol–water partition coefficient (Wildman–Crippen LogP) is 1.62. The standard InChI is InChI=1S/C17H22N4O2/c18-16(22)13-7-4-8-14-15(13)17(23)21(19-14)12-9-20(10-12)11-5-2-1-3-6-11/h4,7-8,11-12,19H,1-3,5-6,9-10H2,(H2,18,22). The Morgan fingerprint density at radius 2 is 1.87 bits per heavy atom. The topological polar surface area (TPSA) is 84.1 Å². The van der Waals surface area contributed by atoms with Crippen molar-refractivity contribution in [3.63, 3.8) is 0 Å². The highest BCUT2D eigenvalue weighted by molar-refractivity contribution is 6.05. The zero-order chi connectivity index (χ0) is 16.0. The first-order valence-corrected chi connectivity index (χ1v) is 8.42. The van der Waals surface area contributed by atoms with Gasteiger partial charge in [-0.25, -0.2) is 4.68 Å². The SMILES string of the molecule is NC(=O)c1cccc2[nH]n(C3CN(C4CCCCC4)C3)c(=O)c12. The molecule has 0 radical (unpaired) electrons. The lowest BCUT2D eigenvalue weighted by Crippen LogP contribution is -2.54. The number of aromatic nitrogens is 2. The molecule has 1 amide bonds. The number of fused-ring (bicyclic) bond motifs is 1. The maximum atomic E-state index is 12.7. The minimum atomic E-state index is -0.559. The lowest BCUT2D eigenvalue weighted by molar-refractivity contribution is 0.0349. The van der Waals surface area contributed by atoms with Gasteiger partial charge in [-0.15, -0.1) is 0 Å². The number of primary amides is 1. The molecule has 2 aromatic rings. The fourth-order valence-corrected chi connectivity index (χ4v) is 4.03. The number of nitrogens with zero attached hydrogens (tertiary/aromatic N) is 2. The van der Waals surface area contributed by atoms with Crippen molar-refractivity contribution in [1.82, 2.24) is 14.7 Å². The number of hydrogen-bond donors (Lipinski definition) is 2. The Kier molecular flexibility index (Phi) is 3.49. The molecule has 1 aromatic carbocycles. The Morgan fingerprint density at radius 3 is 2.57 bits per heavy atom. The first kappa shape index (κ1) is 14.5. The number of amides is 1. The van der Waals surface area contributed by atoms with Crippen molar-refractivity contribution in [3.8, 4) is 0 Å². The molecular formula is C17H22N4O2. The summed E-state index contributed by atoms with van der Waals surface area (Å²) in [4.78, 5) is 26.7. The fraction of sp³-hybridized carbons (Fsp3) is 0.529. The Morgan fingerprint density at radius 1 is 1.13 bits per heavy atom. The molecule has 4 rings (SSSR count). The molecule has 6 heteroatoms. The Bertz CT molecular complexity index is 795. The van der Waals surface area contributed by atoms with Gasteiger partial charge in [0.1, 0.15) is 0 Å². The lowest BCUT2D eigenvalue weighted by Gasteiger charge is -2.45. The van der Waals surface area contributed by atoms with Crippen LogP contribution in [-0.4, -0.2) is 39.7 Å². The van der Waals surface area contributed by atoms with Gasteiger partial charge >= 0.3 is 0 Å². The van der Waals surface area contributed by atoms with Gasteiger partial charge < -0.3 is 5.73 Å². The maximum Gasteiger partial charge on any atom is 0.275 e. The first-order valence-electron chi connectivity index (χ1n) is 8.42. The number of H-pyrrole nitrogens is 1. The van der Waals surface area contributed by atoms with Crippen LogP contribution in [0.2, 0.25) is 0 Å². The number of rotatable bonds is 3. The number of carbonyl (C=O) groups excluding carboxylic acids is 1. The van der Waals surface area contributed by atoms with E-state index in [0.717, 1.165) is 13.1 Å². The van der Waals surface area contributed by atoms with Gasteiger partial charge in [-0.2, -0.15) is 0 Å². The number of aromatic amines is 1. The van der Waals surface area contributed by atoms with Crippen molar-refractivity contribution in [3.05, 3.63) is 34.1 Å². The summed E-state index contributed by atoms with van der Waals surface area (Å²) in [6.45, 7) is 1.81. The average molecular weight is 314 g/mol. The Balaban J connectivity index is 1.59. The molecule has 0 spiro atoms. The third kappa shape index (κ3) is 2.37. The number of nitrogens with one attached hydrogen (secondary N) is 1. The largest absolute Gasteiger partial charge is 0.366 e. The fourth-order valence-electron chi connectivity index (χ4n) is 4.03. The van der Waals surface area contributed by atoms with Crippen LogP contribution in [0.25, 0.3) is 10.9 Å². The van der Waals surface area contributed by atoms with E-state index < -0.39 is 5.91 Å². The van der Waals surface area contributed by atoms with Crippen LogP contribution >= 0.6 is 0 Å². The second-order valence-electron chi connectivity index (χ2n) is 6.78. The first-order chi connectivity index (χ1) is 11.1. The summed E-state index contributed by atoms with van der Waals surface area (Å²) in [5, 5.41) is 3.57. The van der Waals surface area contributed by atoms with Gasteiger partial charge in [0.25, 0.3) is 5.56 Å². The summed E-state index contributed by atoms with van der Waals surface area (Å²) in [5.74, 6) is -0.559. The van der Waals surface area contributed by atoms with Crippen molar-refractivity contribution in [1.29, 1.82) is 0 Å². The normalized spacial score (nSPS) is 20.7. The zero-order valence-corrected chi connectivity index (χ0v) is 13.1. The van der Waals surface area contributed by atoms with E-state index in [9.17, 15) is 9.59 Å². The molecule has 23 heavy (non-hydrogen) atoms. The van der Waals surface area contributed by atoms with E-state index in [0.29, 0.717) is 22.5 Å². The zero-order valence-electron chi connectivity index (χ0n) is 13.1. The van der Waals surface area contributed by atoms with Crippen LogP contribution in [0.5, 0.6) is 0 Å². The van der Waals surface area contributed by atoms with Gasteiger partial charge in [0.15, 0.2) is 0 Å². The van der Waals surface area contributed by atoms with Crippen LogP contribution in [0.1, 0.15) is 48.5 Å². The number of hydrogen-bond acceptors (Lipinski definition) is 3. The maximum absolute atomic E-state index is 12.7. The third-order valence-electron chi connectivity index (χ3n) is 5.35. The molecular weight excluding hydrogens is 292 g/mol. The van der Waals surface area contributed by atoms with Gasteiger partial charge in [0.2, 0.25) is 5.91 Å². The predicted molar refractivity (Wildman–Crippen MR) is 88.6 cm³/mol. The van der Waals surface area contributed by atoms with E-state index in [4.69, 9.17) is 5.73 Å². The van der Waals surface area contributed by atoms with Crippen molar-refractivity contribution in [2.45, 2.75) is 44.2 Å². The highest BCUT2D eigenvalue weighted by atomic mass is 16.1. The van der Waals surface area contributed by atoms with Crippen LogP contribution in [0.4, 0.5) is 0 Å². The van der Waals surface area contributed by atoms with E-state index in [1.54, 1.807) is 16.8 Å². The average Bonchev–Trinajstić information content (AvgIpc) is 2.84. The highest BCUT2D eigenvalue weighted by Crippen LogP contribution is 2.30. The van der Waals surface area contributed by atoms with Crippen molar-refractivity contribution in [2.75, 3.05) is 13.1 Å². The van der Waals surface area contributed by atoms with Gasteiger partial charge in [0, 0.05) is 19.1 Å². The lowest BCUT2D eigenvalue weighted by atomic mass is 9.91. The molecule has 1 aromatic heterocycles. The van der Waals surface area contributed by atoms with E-state index in [1.165, 1.54) is 32.1 Å².